The van der Waals surface area contributed by atoms with E-state index in [-0.39, 0.29) is 5.91 Å². The van der Waals surface area contributed by atoms with Gasteiger partial charge in [0.2, 0.25) is 0 Å². The van der Waals surface area contributed by atoms with Gasteiger partial charge in [0.1, 0.15) is 10.1 Å². The zero-order valence-corrected chi connectivity index (χ0v) is 19.0. The summed E-state index contributed by atoms with van der Waals surface area (Å²) in [5.41, 5.74) is 4.60. The van der Waals surface area contributed by atoms with Crippen molar-refractivity contribution >= 4 is 51.2 Å². The van der Waals surface area contributed by atoms with Crippen LogP contribution in [0.2, 0.25) is 0 Å². The van der Waals surface area contributed by atoms with Crippen molar-refractivity contribution in [2.24, 2.45) is 0 Å². The number of aromatic nitrogens is 1. The van der Waals surface area contributed by atoms with Crippen LogP contribution in [-0.4, -0.2) is 33.3 Å². The number of benzene rings is 2. The summed E-state index contributed by atoms with van der Waals surface area (Å²) in [5.74, 6) is 0.874. The van der Waals surface area contributed by atoms with Gasteiger partial charge in [-0.2, -0.15) is 0 Å². The highest BCUT2D eigenvalue weighted by Gasteiger charge is 2.29. The lowest BCUT2D eigenvalue weighted by atomic mass is 10.1. The number of aryl methyl sites for hydroxylation is 2. The summed E-state index contributed by atoms with van der Waals surface area (Å²) in [7, 11) is 1.73. The molecule has 0 atom stereocenters. The van der Waals surface area contributed by atoms with Crippen LogP contribution < -0.4 is 4.74 Å². The van der Waals surface area contributed by atoms with Crippen LogP contribution in [0.4, 0.5) is 0 Å². The van der Waals surface area contributed by atoms with E-state index in [0.717, 1.165) is 35.4 Å². The molecule has 0 saturated carbocycles. The maximum Gasteiger partial charge on any atom is 0.265 e. The van der Waals surface area contributed by atoms with Crippen LogP contribution in [-0.2, 0) is 11.3 Å². The number of hydrogen-bond donors (Lipinski definition) is 0. The molecule has 6 heteroatoms. The molecule has 4 nitrogen and oxygen atoms in total. The average molecular weight is 437 g/mol. The number of hydrogen-bond acceptors (Lipinski definition) is 4. The average Bonchev–Trinajstić information content (AvgIpc) is 3.14. The Bertz CT molecular complexity index is 1160. The fourth-order valence-electron chi connectivity index (χ4n) is 3.72. The molecule has 2 heterocycles. The van der Waals surface area contributed by atoms with Crippen LogP contribution in [0.25, 0.3) is 17.0 Å². The van der Waals surface area contributed by atoms with Crippen LogP contribution in [0.1, 0.15) is 23.2 Å². The van der Waals surface area contributed by atoms with E-state index in [2.05, 4.69) is 48.7 Å². The number of likely N-dealkylation sites (N-methyl/N-ethyl adjacent to an activating group) is 1. The minimum Gasteiger partial charge on any atom is -0.494 e. The van der Waals surface area contributed by atoms with Gasteiger partial charge in [0, 0.05) is 35.8 Å². The zero-order valence-electron chi connectivity index (χ0n) is 17.3. The van der Waals surface area contributed by atoms with Crippen molar-refractivity contribution in [2.45, 2.75) is 26.8 Å². The first-order valence-corrected chi connectivity index (χ1v) is 11.2. The van der Waals surface area contributed by atoms with Gasteiger partial charge in [0.15, 0.2) is 0 Å². The van der Waals surface area contributed by atoms with Gasteiger partial charge < -0.3 is 9.30 Å². The second-order valence-corrected chi connectivity index (χ2v) is 9.10. The first kappa shape index (κ1) is 20.7. The third kappa shape index (κ3) is 4.02. The normalized spacial score (nSPS) is 15.6. The number of carbonyl (C=O) groups is 1. The monoisotopic (exact) mass is 436 g/mol. The molecule has 0 unspecified atom stereocenters. The van der Waals surface area contributed by atoms with Gasteiger partial charge in [0.25, 0.3) is 5.91 Å². The highest BCUT2D eigenvalue weighted by atomic mass is 32.2. The number of rotatable bonds is 6. The fraction of sp³-hybridized carbons (Fsp3) is 0.250. The smallest absolute Gasteiger partial charge is 0.265 e. The van der Waals surface area contributed by atoms with Gasteiger partial charge in [0.05, 0.1) is 11.5 Å². The number of carbonyl (C=O) groups excluding carboxylic acids is 1. The van der Waals surface area contributed by atoms with Gasteiger partial charge in [-0.25, -0.2) is 0 Å². The molecule has 0 spiro atoms. The predicted octanol–water partition coefficient (Wildman–Crippen LogP) is 5.56. The summed E-state index contributed by atoms with van der Waals surface area (Å²) < 4.78 is 8.83. The van der Waals surface area contributed by atoms with E-state index in [9.17, 15) is 4.79 Å². The Labute approximate surface area is 186 Å². The van der Waals surface area contributed by atoms with E-state index >= 15 is 0 Å². The van der Waals surface area contributed by atoms with Crippen molar-refractivity contribution in [3.8, 4) is 5.75 Å². The molecule has 1 aliphatic heterocycles. The first-order valence-electron chi connectivity index (χ1n) is 9.94. The van der Waals surface area contributed by atoms with Gasteiger partial charge in [-0.15, -0.1) is 0 Å². The number of fused-ring (bicyclic) bond motifs is 1. The molecular weight excluding hydrogens is 412 g/mol. The van der Waals surface area contributed by atoms with E-state index in [1.807, 2.05) is 24.3 Å². The maximum absolute atomic E-state index is 12.5. The summed E-state index contributed by atoms with van der Waals surface area (Å²) in [4.78, 5) is 14.7. The van der Waals surface area contributed by atoms with Crippen LogP contribution in [0.3, 0.4) is 0 Å². The zero-order chi connectivity index (χ0) is 21.3. The quantitative estimate of drug-likeness (QED) is 0.288. The molecule has 1 fully saturated rings. The lowest BCUT2D eigenvalue weighted by Gasteiger charge is -2.10. The summed E-state index contributed by atoms with van der Waals surface area (Å²) in [5, 5.41) is 1.15. The van der Waals surface area contributed by atoms with E-state index in [1.165, 1.54) is 27.7 Å². The van der Waals surface area contributed by atoms with E-state index in [1.54, 1.807) is 7.05 Å². The number of thiocarbonyl (C=S) groups is 1. The molecular formula is C24H24N2O2S2. The molecule has 30 heavy (non-hydrogen) atoms. The number of ether oxygens (including phenoxy) is 1. The second-order valence-electron chi connectivity index (χ2n) is 7.43. The summed E-state index contributed by atoms with van der Waals surface area (Å²) >= 11 is 6.64. The van der Waals surface area contributed by atoms with E-state index in [4.69, 9.17) is 17.0 Å². The molecule has 4 rings (SSSR count). The number of thioether (sulfide) groups is 1. The molecule has 0 radical (unpaired) electrons. The number of amides is 1. The van der Waals surface area contributed by atoms with Crippen molar-refractivity contribution in [3.05, 3.63) is 70.3 Å². The second kappa shape index (κ2) is 8.66. The lowest BCUT2D eigenvalue weighted by Crippen LogP contribution is -2.22. The van der Waals surface area contributed by atoms with Crippen LogP contribution in [0.5, 0.6) is 5.75 Å². The van der Waals surface area contributed by atoms with Crippen molar-refractivity contribution in [1.29, 1.82) is 0 Å². The van der Waals surface area contributed by atoms with Crippen LogP contribution >= 0.6 is 24.0 Å². The number of para-hydroxylation sites is 1. The summed E-state index contributed by atoms with van der Waals surface area (Å²) in [6.07, 6.45) is 2.88. The number of nitrogens with zero attached hydrogens (tertiary/aromatic N) is 2. The summed E-state index contributed by atoms with van der Waals surface area (Å²) in [6, 6.07) is 16.5. The Balaban J connectivity index is 1.56. The minimum absolute atomic E-state index is 0.0345. The molecule has 154 valence electrons. The topological polar surface area (TPSA) is 34.5 Å². The highest BCUT2D eigenvalue weighted by Crippen LogP contribution is 2.35. The van der Waals surface area contributed by atoms with Crippen molar-refractivity contribution in [2.75, 3.05) is 13.7 Å². The van der Waals surface area contributed by atoms with Crippen molar-refractivity contribution < 1.29 is 9.53 Å². The predicted molar refractivity (Wildman–Crippen MR) is 129 cm³/mol. The Morgan fingerprint density at radius 3 is 2.67 bits per heavy atom. The largest absolute Gasteiger partial charge is 0.494 e. The Morgan fingerprint density at radius 1 is 1.13 bits per heavy atom. The molecule has 0 aliphatic carbocycles. The Hall–Kier alpha value is -2.57. The van der Waals surface area contributed by atoms with Crippen LogP contribution in [0.15, 0.2) is 53.4 Å². The maximum atomic E-state index is 12.5. The minimum atomic E-state index is -0.0345. The first-order chi connectivity index (χ1) is 14.5. The van der Waals surface area contributed by atoms with Gasteiger partial charge >= 0.3 is 0 Å². The Morgan fingerprint density at radius 2 is 1.93 bits per heavy atom. The SMILES string of the molecule is Cc1cccc(OCCCn2c(C)c(/C=C3\SC(=S)N(C)C3=O)c3ccccc32)c1. The standard InChI is InChI=1S/C24H24N2O2S2/c1-16-8-6-9-18(14-16)28-13-7-12-26-17(2)20(19-10-4-5-11-21(19)26)15-22-23(27)25(3)24(29)30-22/h4-6,8-11,14-15H,7,12-13H2,1-3H3/b22-15-. The van der Waals surface area contributed by atoms with Gasteiger partial charge in [-0.1, -0.05) is 54.3 Å². The van der Waals surface area contributed by atoms with Gasteiger partial charge in [-0.05, 0) is 50.1 Å². The molecule has 0 N–H and O–H groups in total. The molecule has 1 aliphatic rings. The molecule has 1 amide bonds. The third-order valence-corrected chi connectivity index (χ3v) is 6.81. The molecule has 1 aromatic heterocycles. The third-order valence-electron chi connectivity index (χ3n) is 5.33. The highest BCUT2D eigenvalue weighted by molar-refractivity contribution is 8.26. The van der Waals surface area contributed by atoms with E-state index < -0.39 is 0 Å². The molecule has 1 saturated heterocycles. The lowest BCUT2D eigenvalue weighted by molar-refractivity contribution is -0.121. The summed E-state index contributed by atoms with van der Waals surface area (Å²) in [6.45, 7) is 5.68. The molecule has 3 aromatic rings. The molecule has 0 bridgehead atoms. The van der Waals surface area contributed by atoms with Gasteiger partial charge in [-0.3, -0.25) is 9.69 Å². The Kier molecular flexibility index (Phi) is 5.97. The molecule has 2 aromatic carbocycles. The van der Waals surface area contributed by atoms with Crippen molar-refractivity contribution in [3.63, 3.8) is 0 Å². The van der Waals surface area contributed by atoms with Crippen LogP contribution in [0, 0.1) is 13.8 Å². The van der Waals surface area contributed by atoms with Crippen molar-refractivity contribution in [1.82, 2.24) is 9.47 Å². The van der Waals surface area contributed by atoms with E-state index in [0.29, 0.717) is 15.8 Å². The fourth-order valence-corrected chi connectivity index (χ4v) is 4.88.